The largest absolute Gasteiger partial charge is 0.479 e. The molecule has 7 heteroatoms. The predicted octanol–water partition coefficient (Wildman–Crippen LogP) is 3.52. The molecule has 0 heterocycles. The Hall–Kier alpha value is -1.27. The number of ether oxygens (including phenoxy) is 1. The normalized spacial score (nSPS) is 12.0. The number of carboxylic acids is 1. The summed E-state index contributed by atoms with van der Waals surface area (Å²) < 4.78 is 5.87. The average Bonchev–Trinajstić information content (AvgIpc) is 2.24. The first-order valence-electron chi connectivity index (χ1n) is 5.67. The number of carbonyl (C=O) groups excluding carboxylic acids is 1. The molecule has 5 nitrogen and oxygen atoms in total. The molecule has 1 aromatic carbocycles. The summed E-state index contributed by atoms with van der Waals surface area (Å²) in [6.45, 7) is 5.13. The van der Waals surface area contributed by atoms with E-state index in [2.05, 4.69) is 21.2 Å². The van der Waals surface area contributed by atoms with E-state index in [4.69, 9.17) is 9.84 Å². The van der Waals surface area contributed by atoms with E-state index in [0.717, 1.165) is 4.47 Å². The second-order valence-corrected chi connectivity index (χ2v) is 5.88. The van der Waals surface area contributed by atoms with Crippen LogP contribution in [0.5, 0.6) is 0 Å². The maximum absolute atomic E-state index is 11.6. The summed E-state index contributed by atoms with van der Waals surface area (Å²) in [5.41, 5.74) is -0.200. The highest BCUT2D eigenvalue weighted by Crippen LogP contribution is 2.18. The van der Waals surface area contributed by atoms with Gasteiger partial charge in [0.05, 0.1) is 0 Å². The molecule has 0 saturated heterocycles. The van der Waals surface area contributed by atoms with Crippen molar-refractivity contribution in [2.75, 3.05) is 0 Å². The number of benzene rings is 1. The molecule has 112 valence electrons. The number of aliphatic carboxylic acids is 1. The molecule has 0 fully saturated rings. The average molecular weight is 367 g/mol. The first-order chi connectivity index (χ1) is 8.69. The Morgan fingerprint density at radius 1 is 1.25 bits per heavy atom. The van der Waals surface area contributed by atoms with Crippen molar-refractivity contribution in [3.63, 3.8) is 0 Å². The van der Waals surface area contributed by atoms with Crippen LogP contribution in [-0.2, 0) is 9.53 Å². The fourth-order valence-electron chi connectivity index (χ4n) is 1.37. The Labute approximate surface area is 132 Å². The Bertz CT molecular complexity index is 470. The molecule has 0 aliphatic carbocycles. The number of halogens is 2. The highest BCUT2D eigenvalue weighted by atomic mass is 79.9. The van der Waals surface area contributed by atoms with Crippen molar-refractivity contribution in [3.05, 3.63) is 34.3 Å². The van der Waals surface area contributed by atoms with Gasteiger partial charge in [0.2, 0.25) is 0 Å². The minimum Gasteiger partial charge on any atom is -0.479 e. The summed E-state index contributed by atoms with van der Waals surface area (Å²) in [6, 6.07) is 5.54. The lowest BCUT2D eigenvalue weighted by molar-refractivity contribution is -0.139. The summed E-state index contributed by atoms with van der Waals surface area (Å²) in [5.74, 6) is -1.15. The van der Waals surface area contributed by atoms with Gasteiger partial charge in [-0.05, 0) is 38.5 Å². The van der Waals surface area contributed by atoms with Crippen LogP contribution in [0.4, 0.5) is 4.79 Å². The number of amides is 1. The van der Waals surface area contributed by atoms with Gasteiger partial charge in [-0.3, -0.25) is 0 Å². The van der Waals surface area contributed by atoms with Crippen LogP contribution in [0, 0.1) is 0 Å². The van der Waals surface area contributed by atoms with Gasteiger partial charge in [0.1, 0.15) is 5.60 Å². The molecule has 0 radical (unpaired) electrons. The van der Waals surface area contributed by atoms with Crippen molar-refractivity contribution in [3.8, 4) is 0 Å². The minimum atomic E-state index is -1.15. The second kappa shape index (κ2) is 7.50. The molecular formula is C13H17BrClNO4. The summed E-state index contributed by atoms with van der Waals surface area (Å²) in [4.78, 5) is 22.8. The number of alkyl carbamates (subject to hydrolysis) is 1. The van der Waals surface area contributed by atoms with Gasteiger partial charge in [0.25, 0.3) is 0 Å². The van der Waals surface area contributed by atoms with Crippen molar-refractivity contribution < 1.29 is 19.4 Å². The van der Waals surface area contributed by atoms with E-state index in [0.29, 0.717) is 5.56 Å². The van der Waals surface area contributed by atoms with Gasteiger partial charge in [-0.1, -0.05) is 28.1 Å². The summed E-state index contributed by atoms with van der Waals surface area (Å²) in [5, 5.41) is 11.5. The Morgan fingerprint density at radius 2 is 1.75 bits per heavy atom. The topological polar surface area (TPSA) is 75.6 Å². The molecule has 0 aliphatic heterocycles. The smallest absolute Gasteiger partial charge is 0.408 e. The van der Waals surface area contributed by atoms with E-state index in [1.165, 1.54) is 0 Å². The van der Waals surface area contributed by atoms with Crippen LogP contribution in [0.25, 0.3) is 0 Å². The maximum atomic E-state index is 11.6. The van der Waals surface area contributed by atoms with Crippen molar-refractivity contribution in [2.24, 2.45) is 0 Å². The molecule has 1 amide bonds. The van der Waals surface area contributed by atoms with Crippen LogP contribution >= 0.6 is 28.3 Å². The summed E-state index contributed by atoms with van der Waals surface area (Å²) in [6.07, 6.45) is -0.761. The number of hydrogen-bond donors (Lipinski definition) is 2. The van der Waals surface area contributed by atoms with E-state index >= 15 is 0 Å². The van der Waals surface area contributed by atoms with Gasteiger partial charge in [-0.2, -0.15) is 0 Å². The van der Waals surface area contributed by atoms with E-state index in [-0.39, 0.29) is 12.4 Å². The fourth-order valence-corrected chi connectivity index (χ4v) is 1.63. The number of carboxylic acid groups (broad SMARTS) is 1. The lowest BCUT2D eigenvalue weighted by Crippen LogP contribution is -2.38. The summed E-state index contributed by atoms with van der Waals surface area (Å²) >= 11 is 3.26. The zero-order chi connectivity index (χ0) is 14.6. The van der Waals surface area contributed by atoms with Crippen LogP contribution in [-0.4, -0.2) is 22.8 Å². The van der Waals surface area contributed by atoms with Crippen LogP contribution in [0.1, 0.15) is 32.4 Å². The molecule has 0 aromatic heterocycles. The minimum absolute atomic E-state index is 0. The second-order valence-electron chi connectivity index (χ2n) is 4.97. The zero-order valence-electron chi connectivity index (χ0n) is 11.3. The first kappa shape index (κ1) is 18.7. The highest BCUT2D eigenvalue weighted by molar-refractivity contribution is 9.10. The van der Waals surface area contributed by atoms with Gasteiger partial charge >= 0.3 is 12.1 Å². The van der Waals surface area contributed by atoms with Crippen LogP contribution in [0.15, 0.2) is 28.7 Å². The Morgan fingerprint density at radius 3 is 2.15 bits per heavy atom. The third-order valence-electron chi connectivity index (χ3n) is 2.11. The van der Waals surface area contributed by atoms with E-state index in [1.54, 1.807) is 45.0 Å². The Kier molecular flexibility index (Phi) is 7.02. The lowest BCUT2D eigenvalue weighted by Gasteiger charge is -2.22. The van der Waals surface area contributed by atoms with Gasteiger partial charge in [-0.15, -0.1) is 12.4 Å². The number of carbonyl (C=O) groups is 2. The van der Waals surface area contributed by atoms with Crippen molar-refractivity contribution in [1.82, 2.24) is 5.32 Å². The SMILES string of the molecule is CC(C)(C)OC(=O)N[C@@H](C(=O)O)c1ccc(Br)cc1.Cl. The van der Waals surface area contributed by atoms with Gasteiger partial charge in [0.15, 0.2) is 6.04 Å². The van der Waals surface area contributed by atoms with Gasteiger partial charge < -0.3 is 15.2 Å². The molecule has 0 aliphatic rings. The van der Waals surface area contributed by atoms with Crippen LogP contribution in [0.3, 0.4) is 0 Å². The molecule has 0 bridgehead atoms. The molecular weight excluding hydrogens is 350 g/mol. The molecule has 0 spiro atoms. The van der Waals surface area contributed by atoms with E-state index < -0.39 is 23.7 Å². The number of hydrogen-bond acceptors (Lipinski definition) is 3. The number of rotatable bonds is 3. The predicted molar refractivity (Wildman–Crippen MR) is 81.1 cm³/mol. The van der Waals surface area contributed by atoms with E-state index in [9.17, 15) is 9.59 Å². The van der Waals surface area contributed by atoms with Gasteiger partial charge in [0, 0.05) is 4.47 Å². The monoisotopic (exact) mass is 365 g/mol. The number of nitrogens with one attached hydrogen (secondary N) is 1. The Balaban J connectivity index is 0.00000361. The van der Waals surface area contributed by atoms with Crippen molar-refractivity contribution in [1.29, 1.82) is 0 Å². The molecule has 0 unspecified atom stereocenters. The third kappa shape index (κ3) is 6.25. The summed E-state index contributed by atoms with van der Waals surface area (Å²) in [7, 11) is 0. The molecule has 20 heavy (non-hydrogen) atoms. The quantitative estimate of drug-likeness (QED) is 0.858. The molecule has 2 N–H and O–H groups in total. The standard InChI is InChI=1S/C13H16BrNO4.ClH/c1-13(2,3)19-12(18)15-10(11(16)17)8-4-6-9(14)7-5-8;/h4-7,10H,1-3H3,(H,15,18)(H,16,17);1H/t10-;/m1./s1. The van der Waals surface area contributed by atoms with Crippen LogP contribution in [0.2, 0.25) is 0 Å². The van der Waals surface area contributed by atoms with Crippen molar-refractivity contribution >= 4 is 40.4 Å². The van der Waals surface area contributed by atoms with Crippen molar-refractivity contribution in [2.45, 2.75) is 32.4 Å². The highest BCUT2D eigenvalue weighted by Gasteiger charge is 2.25. The molecule has 1 aromatic rings. The maximum Gasteiger partial charge on any atom is 0.408 e. The fraction of sp³-hybridized carbons (Fsp3) is 0.385. The molecule has 0 saturated carbocycles. The zero-order valence-corrected chi connectivity index (χ0v) is 13.7. The van der Waals surface area contributed by atoms with Crippen LogP contribution < -0.4 is 5.32 Å². The first-order valence-corrected chi connectivity index (χ1v) is 6.46. The molecule has 1 rings (SSSR count). The van der Waals surface area contributed by atoms with E-state index in [1.807, 2.05) is 0 Å². The van der Waals surface area contributed by atoms with Gasteiger partial charge in [-0.25, -0.2) is 9.59 Å². The molecule has 1 atom stereocenters. The third-order valence-corrected chi connectivity index (χ3v) is 2.64. The lowest BCUT2D eigenvalue weighted by atomic mass is 10.1.